The Kier molecular flexibility index (Phi) is 3.34. The number of rotatable bonds is 0. The molecule has 0 aromatic heterocycles. The first-order valence-electron chi connectivity index (χ1n) is 9.91. The van der Waals surface area contributed by atoms with E-state index in [1.807, 2.05) is 0 Å². The molecule has 4 aliphatic carbocycles. The van der Waals surface area contributed by atoms with Crippen molar-refractivity contribution in [1.29, 1.82) is 0 Å². The zero-order valence-electron chi connectivity index (χ0n) is 15.0. The number of carbonyl (C=O) groups excluding carboxylic acids is 1. The van der Waals surface area contributed by atoms with E-state index in [-0.39, 0.29) is 5.41 Å². The summed E-state index contributed by atoms with van der Waals surface area (Å²) >= 11 is 0. The highest BCUT2D eigenvalue weighted by molar-refractivity contribution is 5.87. The third-order valence-electron chi connectivity index (χ3n) is 9.32. The third-order valence-corrected chi connectivity index (χ3v) is 9.32. The van der Waals surface area contributed by atoms with Gasteiger partial charge in [-0.25, -0.2) is 0 Å². The Morgan fingerprint density at radius 2 is 1.64 bits per heavy atom. The number of fused-ring (bicyclic) bond motifs is 5. The molecule has 0 aromatic rings. The summed E-state index contributed by atoms with van der Waals surface area (Å²) in [5.41, 5.74) is 0.625. The van der Waals surface area contributed by atoms with Gasteiger partial charge in [0.15, 0.2) is 0 Å². The summed E-state index contributed by atoms with van der Waals surface area (Å²) in [5.74, 6) is 5.82. The minimum absolute atomic E-state index is 0.0535. The van der Waals surface area contributed by atoms with Crippen LogP contribution in [-0.4, -0.2) is 5.78 Å². The molecule has 3 unspecified atom stereocenters. The Hall–Kier alpha value is -0.330. The Bertz CT molecular complexity index is 482. The molecule has 0 bridgehead atoms. The van der Waals surface area contributed by atoms with Gasteiger partial charge in [-0.2, -0.15) is 0 Å². The highest BCUT2D eigenvalue weighted by Gasteiger charge is 2.60. The van der Waals surface area contributed by atoms with E-state index in [1.165, 1.54) is 44.9 Å². The summed E-state index contributed by atoms with van der Waals surface area (Å²) in [4.78, 5) is 12.5. The van der Waals surface area contributed by atoms with Gasteiger partial charge in [0.25, 0.3) is 0 Å². The average Bonchev–Trinajstić information content (AvgIpc) is 2.79. The average molecular weight is 303 g/mol. The van der Waals surface area contributed by atoms with Gasteiger partial charge in [0.05, 0.1) is 0 Å². The van der Waals surface area contributed by atoms with Gasteiger partial charge in [0.2, 0.25) is 0 Å². The smallest absolute Gasteiger partial charge is 0.139 e. The predicted octanol–water partition coefficient (Wildman–Crippen LogP) is 5.48. The van der Waals surface area contributed by atoms with Crippen LogP contribution in [0.2, 0.25) is 0 Å². The molecule has 0 aromatic carbocycles. The molecule has 0 N–H and O–H groups in total. The van der Waals surface area contributed by atoms with Crippen LogP contribution in [0.1, 0.15) is 79.1 Å². The molecule has 4 saturated carbocycles. The normalized spacial score (nSPS) is 57.9. The van der Waals surface area contributed by atoms with Gasteiger partial charge >= 0.3 is 0 Å². The van der Waals surface area contributed by atoms with Gasteiger partial charge in [-0.1, -0.05) is 27.7 Å². The molecule has 8 atom stereocenters. The zero-order valence-corrected chi connectivity index (χ0v) is 15.0. The molecule has 22 heavy (non-hydrogen) atoms. The number of hydrogen-bond acceptors (Lipinski definition) is 1. The van der Waals surface area contributed by atoms with Gasteiger partial charge in [0, 0.05) is 11.8 Å². The topological polar surface area (TPSA) is 17.1 Å². The second kappa shape index (κ2) is 4.84. The van der Waals surface area contributed by atoms with Crippen LogP contribution in [0.25, 0.3) is 0 Å². The van der Waals surface area contributed by atoms with E-state index in [2.05, 4.69) is 27.7 Å². The summed E-state index contributed by atoms with van der Waals surface area (Å²) in [6, 6.07) is 0. The standard InChI is InChI=1S/C21H34O/c1-13-9-11-20(3)16(14(13)2)6-5-15-17-7-8-19(22)21(17,4)12-10-18(15)20/h13-18H,5-12H2,1-4H3/t13?,14?,15-,16?,17-,18+,20-,21-/m0/s1. The van der Waals surface area contributed by atoms with E-state index in [0.29, 0.717) is 17.1 Å². The number of carbonyl (C=O) groups is 1. The van der Waals surface area contributed by atoms with Crippen LogP contribution in [0.4, 0.5) is 0 Å². The van der Waals surface area contributed by atoms with E-state index < -0.39 is 0 Å². The van der Waals surface area contributed by atoms with E-state index in [1.54, 1.807) is 0 Å². The minimum atomic E-state index is 0.0535. The summed E-state index contributed by atoms with van der Waals surface area (Å²) < 4.78 is 0. The van der Waals surface area contributed by atoms with Crippen molar-refractivity contribution in [2.45, 2.75) is 79.1 Å². The molecule has 1 heteroatoms. The Morgan fingerprint density at radius 3 is 2.41 bits per heavy atom. The number of Topliss-reactive ketones (excluding diaryl/α,β-unsaturated/α-hetero) is 1. The van der Waals surface area contributed by atoms with Crippen LogP contribution in [0.3, 0.4) is 0 Å². The molecule has 0 radical (unpaired) electrons. The van der Waals surface area contributed by atoms with Gasteiger partial charge in [-0.3, -0.25) is 4.79 Å². The monoisotopic (exact) mass is 302 g/mol. The van der Waals surface area contributed by atoms with Gasteiger partial charge in [0.1, 0.15) is 5.78 Å². The first-order valence-corrected chi connectivity index (χ1v) is 9.91. The highest BCUT2D eigenvalue weighted by Crippen LogP contribution is 2.66. The molecule has 0 aliphatic heterocycles. The first kappa shape index (κ1) is 15.2. The lowest BCUT2D eigenvalue weighted by atomic mass is 9.43. The Morgan fingerprint density at radius 1 is 0.864 bits per heavy atom. The fourth-order valence-electron chi connectivity index (χ4n) is 7.69. The van der Waals surface area contributed by atoms with Crippen molar-refractivity contribution in [3.8, 4) is 0 Å². The maximum Gasteiger partial charge on any atom is 0.139 e. The molecule has 0 saturated heterocycles. The Labute approximate surface area is 136 Å². The summed E-state index contributed by atoms with van der Waals surface area (Å²) in [5, 5.41) is 0. The van der Waals surface area contributed by atoms with E-state index in [4.69, 9.17) is 0 Å². The molecular formula is C21H34O. The van der Waals surface area contributed by atoms with Gasteiger partial charge in [-0.05, 0) is 85.9 Å². The van der Waals surface area contributed by atoms with Crippen LogP contribution in [0.5, 0.6) is 0 Å². The maximum atomic E-state index is 12.5. The van der Waals surface area contributed by atoms with Crippen molar-refractivity contribution in [3.05, 3.63) is 0 Å². The van der Waals surface area contributed by atoms with Crippen molar-refractivity contribution >= 4 is 5.78 Å². The van der Waals surface area contributed by atoms with E-state index in [9.17, 15) is 4.79 Å². The third kappa shape index (κ3) is 1.80. The fourth-order valence-corrected chi connectivity index (χ4v) is 7.69. The van der Waals surface area contributed by atoms with Crippen molar-refractivity contribution in [2.75, 3.05) is 0 Å². The molecule has 4 fully saturated rings. The number of ketones is 1. The predicted molar refractivity (Wildman–Crippen MR) is 90.4 cm³/mol. The maximum absolute atomic E-state index is 12.5. The van der Waals surface area contributed by atoms with Crippen molar-refractivity contribution in [2.24, 2.45) is 46.3 Å². The van der Waals surface area contributed by atoms with Crippen molar-refractivity contribution < 1.29 is 4.79 Å². The minimum Gasteiger partial charge on any atom is -0.299 e. The number of hydrogen-bond donors (Lipinski definition) is 0. The van der Waals surface area contributed by atoms with E-state index in [0.717, 1.165) is 36.0 Å². The first-order chi connectivity index (χ1) is 10.4. The second-order valence-corrected chi connectivity index (χ2v) is 9.86. The van der Waals surface area contributed by atoms with Crippen LogP contribution >= 0.6 is 0 Å². The molecule has 0 heterocycles. The van der Waals surface area contributed by atoms with Crippen molar-refractivity contribution in [3.63, 3.8) is 0 Å². The van der Waals surface area contributed by atoms with Crippen LogP contribution in [-0.2, 0) is 4.79 Å². The van der Waals surface area contributed by atoms with Crippen LogP contribution < -0.4 is 0 Å². The molecule has 124 valence electrons. The quantitative estimate of drug-likeness (QED) is 0.579. The molecule has 0 amide bonds. The largest absolute Gasteiger partial charge is 0.299 e. The zero-order chi connectivity index (χ0) is 15.7. The lowest BCUT2D eigenvalue weighted by molar-refractivity contribution is -0.145. The highest BCUT2D eigenvalue weighted by atomic mass is 16.1. The molecule has 1 nitrogen and oxygen atoms in total. The summed E-state index contributed by atoms with van der Waals surface area (Å²) in [7, 11) is 0. The van der Waals surface area contributed by atoms with Crippen LogP contribution in [0, 0.1) is 46.3 Å². The fraction of sp³-hybridized carbons (Fsp3) is 0.952. The van der Waals surface area contributed by atoms with Crippen molar-refractivity contribution in [1.82, 2.24) is 0 Å². The SMILES string of the molecule is CC1CC[C@@]2(C)C(CC[C@@H]3[C@H]2CC[C@]2(C)C(=O)CC[C@@H]32)C1C. The summed E-state index contributed by atoms with van der Waals surface area (Å²) in [6.45, 7) is 9.95. The molecular weight excluding hydrogens is 268 g/mol. The van der Waals surface area contributed by atoms with Gasteiger partial charge in [-0.15, -0.1) is 0 Å². The molecule has 4 rings (SSSR count). The summed E-state index contributed by atoms with van der Waals surface area (Å²) in [6.07, 6.45) is 10.3. The second-order valence-electron chi connectivity index (χ2n) is 9.86. The lowest BCUT2D eigenvalue weighted by Crippen LogP contribution is -2.55. The molecule has 0 spiro atoms. The van der Waals surface area contributed by atoms with E-state index >= 15 is 0 Å². The van der Waals surface area contributed by atoms with Gasteiger partial charge < -0.3 is 0 Å². The lowest BCUT2D eigenvalue weighted by Gasteiger charge is -2.61. The molecule has 4 aliphatic rings. The van der Waals surface area contributed by atoms with Crippen LogP contribution in [0.15, 0.2) is 0 Å². The Balaban J connectivity index is 1.65.